The third-order valence-electron chi connectivity index (χ3n) is 3.86. The van der Waals surface area contributed by atoms with Crippen molar-refractivity contribution in [3.8, 4) is 11.5 Å². The molecule has 0 fully saturated rings. The summed E-state index contributed by atoms with van der Waals surface area (Å²) >= 11 is 2.20. The highest BCUT2D eigenvalue weighted by Gasteiger charge is 2.15. The molecule has 5 heteroatoms. The predicted octanol–water partition coefficient (Wildman–Crippen LogP) is 5.35. The zero-order valence-electron chi connectivity index (χ0n) is 13.1. The van der Waals surface area contributed by atoms with Gasteiger partial charge in [0.05, 0.1) is 23.0 Å². The van der Waals surface area contributed by atoms with Crippen LogP contribution in [0.2, 0.25) is 0 Å². The summed E-state index contributed by atoms with van der Waals surface area (Å²) in [6.07, 6.45) is 1.60. The van der Waals surface area contributed by atoms with Crippen molar-refractivity contribution in [3.05, 3.63) is 82.1 Å². The molecule has 0 unspecified atom stereocenters. The zero-order valence-corrected chi connectivity index (χ0v) is 15.2. The van der Waals surface area contributed by atoms with E-state index in [1.165, 1.54) is 0 Å². The maximum Gasteiger partial charge on any atom is 0.256 e. The lowest BCUT2D eigenvalue weighted by Gasteiger charge is -2.10. The van der Waals surface area contributed by atoms with Crippen LogP contribution in [0.3, 0.4) is 0 Å². The molecule has 0 bridgehead atoms. The Hall–Kier alpha value is -2.67. The Morgan fingerprint density at radius 3 is 2.60 bits per heavy atom. The maximum atomic E-state index is 12.9. The first kappa shape index (κ1) is 15.8. The molecule has 1 N–H and O–H groups in total. The number of nitrogens with one attached hydrogen (secondary N) is 1. The summed E-state index contributed by atoms with van der Waals surface area (Å²) in [6, 6.07) is 20.7. The van der Waals surface area contributed by atoms with E-state index in [4.69, 9.17) is 4.42 Å². The highest BCUT2D eigenvalue weighted by Crippen LogP contribution is 2.26. The number of hydrogen-bond acceptors (Lipinski definition) is 3. The second-order valence-corrected chi connectivity index (χ2v) is 6.65. The Morgan fingerprint density at radius 1 is 1.00 bits per heavy atom. The number of anilines is 1. The van der Waals surface area contributed by atoms with Gasteiger partial charge in [0.1, 0.15) is 5.69 Å². The molecule has 0 saturated heterocycles. The van der Waals surface area contributed by atoms with E-state index in [2.05, 4.69) is 32.9 Å². The number of hydrogen-bond donors (Lipinski definition) is 1. The van der Waals surface area contributed by atoms with E-state index in [1.807, 2.05) is 54.6 Å². The number of carbonyl (C=O) groups excluding carboxylic acids is 1. The number of para-hydroxylation sites is 2. The van der Waals surface area contributed by atoms with E-state index in [0.717, 1.165) is 20.2 Å². The van der Waals surface area contributed by atoms with E-state index in [0.29, 0.717) is 17.0 Å². The van der Waals surface area contributed by atoms with Crippen LogP contribution in [0, 0.1) is 3.57 Å². The lowest BCUT2D eigenvalue weighted by Crippen LogP contribution is -2.13. The minimum Gasteiger partial charge on any atom is -0.463 e. The molecule has 25 heavy (non-hydrogen) atoms. The van der Waals surface area contributed by atoms with Gasteiger partial charge in [-0.15, -0.1) is 0 Å². The van der Waals surface area contributed by atoms with Crippen LogP contribution < -0.4 is 5.32 Å². The molecule has 0 aliphatic carbocycles. The van der Waals surface area contributed by atoms with E-state index < -0.39 is 0 Å². The average Bonchev–Trinajstić information content (AvgIpc) is 3.17. The van der Waals surface area contributed by atoms with Crippen molar-refractivity contribution in [2.24, 2.45) is 0 Å². The van der Waals surface area contributed by atoms with Gasteiger partial charge in [0, 0.05) is 8.96 Å². The molecule has 2 heterocycles. The van der Waals surface area contributed by atoms with Crippen molar-refractivity contribution in [3.63, 3.8) is 0 Å². The summed E-state index contributed by atoms with van der Waals surface area (Å²) in [5, 5.41) is 3.79. The molecule has 0 spiro atoms. The number of amides is 1. The van der Waals surface area contributed by atoms with Crippen molar-refractivity contribution in [1.29, 1.82) is 0 Å². The van der Waals surface area contributed by atoms with Crippen molar-refractivity contribution in [1.82, 2.24) is 4.98 Å². The molecule has 2 aromatic carbocycles. The van der Waals surface area contributed by atoms with Crippen LogP contribution in [0.1, 0.15) is 10.4 Å². The molecule has 0 saturated carbocycles. The molecular formula is C20H13IN2O2. The molecule has 4 nitrogen and oxygen atoms in total. The van der Waals surface area contributed by atoms with Crippen molar-refractivity contribution >= 4 is 45.1 Å². The first-order valence-corrected chi connectivity index (χ1v) is 8.80. The molecule has 1 amide bonds. The number of furan rings is 1. The van der Waals surface area contributed by atoms with Gasteiger partial charge in [-0.3, -0.25) is 4.79 Å². The van der Waals surface area contributed by atoms with Gasteiger partial charge in [-0.1, -0.05) is 30.3 Å². The van der Waals surface area contributed by atoms with Gasteiger partial charge < -0.3 is 9.73 Å². The zero-order chi connectivity index (χ0) is 17.2. The molecule has 122 valence electrons. The normalized spacial score (nSPS) is 10.8. The summed E-state index contributed by atoms with van der Waals surface area (Å²) in [7, 11) is 0. The fraction of sp³-hybridized carbons (Fsp3) is 0. The van der Waals surface area contributed by atoms with Gasteiger partial charge in [0.15, 0.2) is 5.76 Å². The summed E-state index contributed by atoms with van der Waals surface area (Å²) in [5.41, 5.74) is 2.74. The Bertz CT molecular complexity index is 1060. The Morgan fingerprint density at radius 2 is 1.80 bits per heavy atom. The second-order valence-electron chi connectivity index (χ2n) is 5.48. The van der Waals surface area contributed by atoms with Gasteiger partial charge in [-0.05, 0) is 59.0 Å². The molecule has 0 aliphatic heterocycles. The number of aromatic nitrogens is 1. The molecule has 4 rings (SSSR count). The molecular weight excluding hydrogens is 427 g/mol. The van der Waals surface area contributed by atoms with Gasteiger partial charge in [0.2, 0.25) is 0 Å². The van der Waals surface area contributed by atoms with E-state index in [-0.39, 0.29) is 5.91 Å². The third kappa shape index (κ3) is 3.15. The number of pyridine rings is 1. The van der Waals surface area contributed by atoms with Crippen molar-refractivity contribution in [2.45, 2.75) is 0 Å². The van der Waals surface area contributed by atoms with Crippen molar-refractivity contribution < 1.29 is 9.21 Å². The van der Waals surface area contributed by atoms with Crippen LogP contribution >= 0.6 is 22.6 Å². The van der Waals surface area contributed by atoms with Crippen molar-refractivity contribution in [2.75, 3.05) is 5.32 Å². The van der Waals surface area contributed by atoms with E-state index >= 15 is 0 Å². The molecule has 2 aromatic heterocycles. The fourth-order valence-corrected chi connectivity index (χ4v) is 3.19. The standard InChI is InChI=1S/C20H13IN2O2/c21-15-7-2-4-9-17(15)23-20(24)14-12-18(19-10-5-11-25-19)22-16-8-3-1-6-13(14)16/h1-12H,(H,23,24). The SMILES string of the molecule is O=C(Nc1ccccc1I)c1cc(-c2ccco2)nc2ccccc12. The molecule has 0 radical (unpaired) electrons. The largest absolute Gasteiger partial charge is 0.463 e. The second kappa shape index (κ2) is 6.68. The van der Waals surface area contributed by atoms with Crippen LogP contribution in [0.15, 0.2) is 77.4 Å². The number of halogens is 1. The summed E-state index contributed by atoms with van der Waals surface area (Å²) in [4.78, 5) is 17.5. The Balaban J connectivity index is 1.82. The van der Waals surface area contributed by atoms with E-state index in [9.17, 15) is 4.79 Å². The molecule has 4 aromatic rings. The smallest absolute Gasteiger partial charge is 0.256 e. The lowest BCUT2D eigenvalue weighted by atomic mass is 10.1. The quantitative estimate of drug-likeness (QED) is 0.437. The van der Waals surface area contributed by atoms with Gasteiger partial charge >= 0.3 is 0 Å². The summed E-state index contributed by atoms with van der Waals surface area (Å²) in [5.74, 6) is 0.463. The average molecular weight is 440 g/mol. The Kier molecular flexibility index (Phi) is 4.23. The van der Waals surface area contributed by atoms with Gasteiger partial charge in [-0.25, -0.2) is 4.98 Å². The predicted molar refractivity (Wildman–Crippen MR) is 107 cm³/mol. The van der Waals surface area contributed by atoms with Gasteiger partial charge in [0.25, 0.3) is 5.91 Å². The molecule has 0 aliphatic rings. The van der Waals surface area contributed by atoms with E-state index in [1.54, 1.807) is 18.4 Å². The summed E-state index contributed by atoms with van der Waals surface area (Å²) < 4.78 is 6.43. The minimum atomic E-state index is -0.171. The molecule has 0 atom stereocenters. The Labute approximate surface area is 158 Å². The summed E-state index contributed by atoms with van der Waals surface area (Å²) in [6.45, 7) is 0. The monoisotopic (exact) mass is 440 g/mol. The van der Waals surface area contributed by atoms with Crippen LogP contribution in [0.25, 0.3) is 22.4 Å². The first-order chi connectivity index (χ1) is 12.2. The fourth-order valence-electron chi connectivity index (χ4n) is 2.67. The minimum absolute atomic E-state index is 0.171. The maximum absolute atomic E-state index is 12.9. The van der Waals surface area contributed by atoms with Crippen LogP contribution in [0.5, 0.6) is 0 Å². The van der Waals surface area contributed by atoms with Crippen LogP contribution in [-0.2, 0) is 0 Å². The topological polar surface area (TPSA) is 55.1 Å². The number of nitrogens with zero attached hydrogens (tertiary/aromatic N) is 1. The number of rotatable bonds is 3. The highest BCUT2D eigenvalue weighted by molar-refractivity contribution is 14.1. The third-order valence-corrected chi connectivity index (χ3v) is 4.80. The van der Waals surface area contributed by atoms with Gasteiger partial charge in [-0.2, -0.15) is 0 Å². The highest BCUT2D eigenvalue weighted by atomic mass is 127. The van der Waals surface area contributed by atoms with Crippen LogP contribution in [-0.4, -0.2) is 10.9 Å². The number of benzene rings is 2. The number of fused-ring (bicyclic) bond motifs is 1. The number of carbonyl (C=O) groups is 1. The lowest BCUT2D eigenvalue weighted by molar-refractivity contribution is 0.102. The van der Waals surface area contributed by atoms with Crippen LogP contribution in [0.4, 0.5) is 5.69 Å². The first-order valence-electron chi connectivity index (χ1n) is 7.72.